The molecule has 0 saturated carbocycles. The van der Waals surface area contributed by atoms with Crippen LogP contribution in [-0.2, 0) is 21.2 Å². The molecule has 5 nitrogen and oxygen atoms in total. The molecule has 0 unspecified atom stereocenters. The predicted octanol–water partition coefficient (Wildman–Crippen LogP) is 3.02. The molecule has 140 valence electrons. The molecule has 0 bridgehead atoms. The van der Waals surface area contributed by atoms with Gasteiger partial charge in [-0.2, -0.15) is 4.31 Å². The number of hydrogen-bond acceptors (Lipinski definition) is 3. The zero-order valence-corrected chi connectivity index (χ0v) is 15.8. The highest BCUT2D eigenvalue weighted by Gasteiger charge is 2.26. The molecule has 2 aromatic carbocycles. The number of nitrogens with zero attached hydrogens (tertiary/aromatic N) is 1. The van der Waals surface area contributed by atoms with Crippen molar-refractivity contribution in [1.29, 1.82) is 0 Å². The molecular formula is C21H22N2O3S. The first-order valence-electron chi connectivity index (χ1n) is 8.95. The Morgan fingerprint density at radius 2 is 1.81 bits per heavy atom. The number of anilines is 1. The molecule has 0 spiro atoms. The molecule has 1 N–H and O–H groups in total. The Morgan fingerprint density at radius 3 is 2.48 bits per heavy atom. The van der Waals surface area contributed by atoms with Crippen molar-refractivity contribution in [3.8, 4) is 12.3 Å². The van der Waals surface area contributed by atoms with E-state index in [1.54, 1.807) is 48.5 Å². The minimum atomic E-state index is -3.40. The molecule has 1 heterocycles. The first kappa shape index (κ1) is 19.2. The van der Waals surface area contributed by atoms with Crippen molar-refractivity contribution in [3.05, 3.63) is 59.7 Å². The lowest BCUT2D eigenvalue weighted by Gasteiger charge is -2.15. The smallest absolute Gasteiger partial charge is 0.243 e. The van der Waals surface area contributed by atoms with E-state index in [2.05, 4.69) is 11.2 Å². The molecule has 2 aromatic rings. The number of rotatable bonds is 6. The number of terminal acetylenes is 1. The molecule has 0 aliphatic carbocycles. The van der Waals surface area contributed by atoms with Crippen LogP contribution >= 0.6 is 0 Å². The van der Waals surface area contributed by atoms with Gasteiger partial charge in [-0.1, -0.05) is 24.1 Å². The van der Waals surface area contributed by atoms with E-state index in [4.69, 9.17) is 6.42 Å². The van der Waals surface area contributed by atoms with Gasteiger partial charge in [-0.05, 0) is 55.2 Å². The standard InChI is InChI=1S/C21H22N2O3S/c1-2-17-6-5-7-19(16-17)22-21(24)13-10-18-8-11-20(12-9-18)27(25,26)23-14-3-4-15-23/h1,5-9,11-12,16H,3-4,10,13-15H2,(H,22,24). The number of carbonyl (C=O) groups excluding carboxylic acids is 1. The second-order valence-electron chi connectivity index (χ2n) is 6.53. The van der Waals surface area contributed by atoms with Crippen LogP contribution in [0.2, 0.25) is 0 Å². The number of benzene rings is 2. The number of carbonyl (C=O) groups is 1. The monoisotopic (exact) mass is 382 g/mol. The van der Waals surface area contributed by atoms with Crippen LogP contribution in [0.4, 0.5) is 5.69 Å². The van der Waals surface area contributed by atoms with Crippen LogP contribution < -0.4 is 5.32 Å². The second kappa shape index (κ2) is 8.38. The zero-order valence-electron chi connectivity index (χ0n) is 15.0. The molecule has 1 saturated heterocycles. The van der Waals surface area contributed by atoms with Gasteiger partial charge in [0.05, 0.1) is 4.90 Å². The fourth-order valence-electron chi connectivity index (χ4n) is 3.07. The lowest BCUT2D eigenvalue weighted by molar-refractivity contribution is -0.116. The summed E-state index contributed by atoms with van der Waals surface area (Å²) in [4.78, 5) is 12.4. The van der Waals surface area contributed by atoms with Crippen molar-refractivity contribution in [2.24, 2.45) is 0 Å². The highest BCUT2D eigenvalue weighted by Crippen LogP contribution is 2.21. The van der Waals surface area contributed by atoms with Crippen LogP contribution in [0.25, 0.3) is 0 Å². The summed E-state index contributed by atoms with van der Waals surface area (Å²) in [6.45, 7) is 1.18. The Labute approximate surface area is 160 Å². The van der Waals surface area contributed by atoms with Gasteiger partial charge in [-0.3, -0.25) is 4.79 Å². The van der Waals surface area contributed by atoms with Crippen LogP contribution in [0.15, 0.2) is 53.4 Å². The van der Waals surface area contributed by atoms with Crippen molar-refractivity contribution in [2.45, 2.75) is 30.6 Å². The lowest BCUT2D eigenvalue weighted by atomic mass is 10.1. The van der Waals surface area contributed by atoms with E-state index in [0.717, 1.165) is 18.4 Å². The van der Waals surface area contributed by atoms with Gasteiger partial charge in [0, 0.05) is 30.8 Å². The summed E-state index contributed by atoms with van der Waals surface area (Å²) in [6.07, 6.45) is 8.02. The largest absolute Gasteiger partial charge is 0.326 e. The molecule has 27 heavy (non-hydrogen) atoms. The van der Waals surface area contributed by atoms with E-state index in [-0.39, 0.29) is 5.91 Å². The summed E-state index contributed by atoms with van der Waals surface area (Å²) in [6, 6.07) is 13.9. The zero-order chi connectivity index (χ0) is 19.3. The number of aryl methyl sites for hydroxylation is 1. The fourth-order valence-corrected chi connectivity index (χ4v) is 4.59. The second-order valence-corrected chi connectivity index (χ2v) is 8.47. The van der Waals surface area contributed by atoms with Crippen LogP contribution in [0, 0.1) is 12.3 Å². The third-order valence-corrected chi connectivity index (χ3v) is 6.49. The van der Waals surface area contributed by atoms with Crippen molar-refractivity contribution in [2.75, 3.05) is 18.4 Å². The Kier molecular flexibility index (Phi) is 5.94. The van der Waals surface area contributed by atoms with Crippen LogP contribution in [0.5, 0.6) is 0 Å². The van der Waals surface area contributed by atoms with Crippen LogP contribution in [0.1, 0.15) is 30.4 Å². The molecule has 6 heteroatoms. The molecular weight excluding hydrogens is 360 g/mol. The Morgan fingerprint density at radius 1 is 1.11 bits per heavy atom. The van der Waals surface area contributed by atoms with E-state index in [9.17, 15) is 13.2 Å². The average molecular weight is 382 g/mol. The van der Waals surface area contributed by atoms with Crippen molar-refractivity contribution in [3.63, 3.8) is 0 Å². The summed E-state index contributed by atoms with van der Waals surface area (Å²) in [5, 5.41) is 2.82. The van der Waals surface area contributed by atoms with Gasteiger partial charge in [-0.25, -0.2) is 8.42 Å². The molecule has 1 aliphatic rings. The third-order valence-electron chi connectivity index (χ3n) is 4.58. The van der Waals surface area contributed by atoms with E-state index in [0.29, 0.717) is 42.1 Å². The Hall–Kier alpha value is -2.62. The highest BCUT2D eigenvalue weighted by molar-refractivity contribution is 7.89. The maximum Gasteiger partial charge on any atom is 0.243 e. The summed E-state index contributed by atoms with van der Waals surface area (Å²) >= 11 is 0. The van der Waals surface area contributed by atoms with Gasteiger partial charge in [0.15, 0.2) is 0 Å². The maximum absolute atomic E-state index is 12.5. The van der Waals surface area contributed by atoms with Gasteiger partial charge < -0.3 is 5.32 Å². The van der Waals surface area contributed by atoms with E-state index in [1.165, 1.54) is 4.31 Å². The molecule has 0 atom stereocenters. The predicted molar refractivity (Wildman–Crippen MR) is 106 cm³/mol. The molecule has 1 fully saturated rings. The summed E-state index contributed by atoms with van der Waals surface area (Å²) < 4.78 is 26.6. The van der Waals surface area contributed by atoms with Crippen LogP contribution in [-0.4, -0.2) is 31.7 Å². The maximum atomic E-state index is 12.5. The van der Waals surface area contributed by atoms with E-state index in [1.807, 2.05) is 0 Å². The van der Waals surface area contributed by atoms with E-state index < -0.39 is 10.0 Å². The number of sulfonamides is 1. The van der Waals surface area contributed by atoms with Gasteiger partial charge in [-0.15, -0.1) is 6.42 Å². The van der Waals surface area contributed by atoms with Crippen LogP contribution in [0.3, 0.4) is 0 Å². The number of nitrogens with one attached hydrogen (secondary N) is 1. The first-order valence-corrected chi connectivity index (χ1v) is 10.4. The molecule has 3 rings (SSSR count). The first-order chi connectivity index (χ1) is 13.0. The average Bonchev–Trinajstić information content (AvgIpc) is 3.22. The van der Waals surface area contributed by atoms with Gasteiger partial charge >= 0.3 is 0 Å². The van der Waals surface area contributed by atoms with Crippen molar-refractivity contribution in [1.82, 2.24) is 4.31 Å². The Balaban J connectivity index is 1.57. The van der Waals surface area contributed by atoms with Gasteiger partial charge in [0.25, 0.3) is 0 Å². The summed E-state index contributed by atoms with van der Waals surface area (Å²) in [5.41, 5.74) is 2.30. The third kappa shape index (κ3) is 4.76. The molecule has 1 aliphatic heterocycles. The molecule has 1 amide bonds. The SMILES string of the molecule is C#Cc1cccc(NC(=O)CCc2ccc(S(=O)(=O)N3CCCC3)cc2)c1. The van der Waals surface area contributed by atoms with Gasteiger partial charge in [0.2, 0.25) is 15.9 Å². The topological polar surface area (TPSA) is 66.5 Å². The minimum Gasteiger partial charge on any atom is -0.326 e. The van der Waals surface area contributed by atoms with Crippen molar-refractivity contribution < 1.29 is 13.2 Å². The normalized spacial score (nSPS) is 14.6. The summed E-state index contributed by atoms with van der Waals surface area (Å²) in [5.74, 6) is 2.42. The van der Waals surface area contributed by atoms with Gasteiger partial charge in [0.1, 0.15) is 0 Å². The lowest BCUT2D eigenvalue weighted by Crippen LogP contribution is -2.27. The number of amides is 1. The minimum absolute atomic E-state index is 0.113. The summed E-state index contributed by atoms with van der Waals surface area (Å²) in [7, 11) is -3.40. The molecule has 0 radical (unpaired) electrons. The van der Waals surface area contributed by atoms with E-state index >= 15 is 0 Å². The highest BCUT2D eigenvalue weighted by atomic mass is 32.2. The Bertz CT molecular complexity index is 954. The van der Waals surface area contributed by atoms with Crippen molar-refractivity contribution >= 4 is 21.6 Å². The quantitative estimate of drug-likeness (QED) is 0.781. The molecule has 0 aromatic heterocycles. The fraction of sp³-hybridized carbons (Fsp3) is 0.286. The number of hydrogen-bond donors (Lipinski definition) is 1.